The van der Waals surface area contributed by atoms with Crippen molar-refractivity contribution >= 4 is 11.9 Å². The molecule has 3 atom stereocenters. The Morgan fingerprint density at radius 1 is 1.30 bits per heavy atom. The van der Waals surface area contributed by atoms with Crippen molar-refractivity contribution in [2.75, 3.05) is 6.61 Å². The Balaban J connectivity index is 1.97. The van der Waals surface area contributed by atoms with Gasteiger partial charge in [0.2, 0.25) is 0 Å². The lowest BCUT2D eigenvalue weighted by atomic mass is 9.72. The maximum Gasteiger partial charge on any atom is 0.410 e. The molecule has 3 fully saturated rings. The van der Waals surface area contributed by atoms with Gasteiger partial charge in [0.25, 0.3) is 0 Å². The summed E-state index contributed by atoms with van der Waals surface area (Å²) < 4.78 is 5.20. The summed E-state index contributed by atoms with van der Waals surface area (Å²) in [6.07, 6.45) is 1.97. The van der Waals surface area contributed by atoms with Gasteiger partial charge in [0, 0.05) is 18.4 Å². The van der Waals surface area contributed by atoms with E-state index < -0.39 is 0 Å². The van der Waals surface area contributed by atoms with Gasteiger partial charge in [-0.25, -0.2) is 4.79 Å². The van der Waals surface area contributed by atoms with Crippen LogP contribution in [0, 0.1) is 5.92 Å². The number of benzene rings is 1. The maximum atomic E-state index is 12.3. The fourth-order valence-electron chi connectivity index (χ4n) is 3.51. The molecule has 1 saturated carbocycles. The molecule has 1 aliphatic carbocycles. The topological polar surface area (TPSA) is 46.6 Å². The van der Waals surface area contributed by atoms with Crippen molar-refractivity contribution in [3.63, 3.8) is 0 Å². The number of carbonyl (C=O) groups excluding carboxylic acids is 2. The summed E-state index contributed by atoms with van der Waals surface area (Å²) in [6.45, 7) is 2.17. The van der Waals surface area contributed by atoms with Crippen molar-refractivity contribution in [2.24, 2.45) is 5.92 Å². The molecule has 20 heavy (non-hydrogen) atoms. The first-order valence-corrected chi connectivity index (χ1v) is 7.25. The van der Waals surface area contributed by atoms with Gasteiger partial charge in [0.05, 0.1) is 12.6 Å². The first kappa shape index (κ1) is 13.2. The van der Waals surface area contributed by atoms with E-state index in [1.165, 1.54) is 0 Å². The minimum Gasteiger partial charge on any atom is -0.450 e. The molecule has 1 amide bonds. The quantitative estimate of drug-likeness (QED) is 0.832. The number of hydrogen-bond acceptors (Lipinski definition) is 3. The van der Waals surface area contributed by atoms with E-state index in [1.54, 1.807) is 4.90 Å². The Labute approximate surface area is 118 Å². The predicted molar refractivity (Wildman–Crippen MR) is 74.2 cm³/mol. The third-order valence-electron chi connectivity index (χ3n) is 4.36. The Kier molecular flexibility index (Phi) is 3.47. The summed E-state index contributed by atoms with van der Waals surface area (Å²) >= 11 is 0. The van der Waals surface area contributed by atoms with Gasteiger partial charge in [-0.3, -0.25) is 9.69 Å². The summed E-state index contributed by atoms with van der Waals surface area (Å²) in [5.41, 5.74) is 1.03. The van der Waals surface area contributed by atoms with E-state index in [9.17, 15) is 9.59 Å². The van der Waals surface area contributed by atoms with Gasteiger partial charge >= 0.3 is 6.09 Å². The molecular formula is C16H19NO3. The van der Waals surface area contributed by atoms with Gasteiger partial charge in [0.15, 0.2) is 0 Å². The summed E-state index contributed by atoms with van der Waals surface area (Å²) in [5.74, 6) is 0.211. The summed E-state index contributed by atoms with van der Waals surface area (Å²) in [4.78, 5) is 26.3. The highest BCUT2D eigenvalue weighted by atomic mass is 16.6. The van der Waals surface area contributed by atoms with Crippen LogP contribution < -0.4 is 0 Å². The second kappa shape index (κ2) is 5.27. The number of nitrogens with zero attached hydrogens (tertiary/aromatic N) is 1. The van der Waals surface area contributed by atoms with Crippen molar-refractivity contribution in [2.45, 2.75) is 38.3 Å². The van der Waals surface area contributed by atoms with Crippen LogP contribution in [0.5, 0.6) is 0 Å². The van der Waals surface area contributed by atoms with E-state index >= 15 is 0 Å². The van der Waals surface area contributed by atoms with E-state index in [0.717, 1.165) is 18.4 Å². The third kappa shape index (κ3) is 2.09. The van der Waals surface area contributed by atoms with Crippen molar-refractivity contribution in [1.29, 1.82) is 0 Å². The lowest BCUT2D eigenvalue weighted by Crippen LogP contribution is -2.56. The van der Waals surface area contributed by atoms with E-state index in [1.807, 2.05) is 37.3 Å². The molecule has 2 heterocycles. The number of ketones is 1. The molecule has 0 N–H and O–H groups in total. The van der Waals surface area contributed by atoms with Gasteiger partial charge in [0.1, 0.15) is 5.78 Å². The number of fused-ring (bicyclic) bond motifs is 3. The highest BCUT2D eigenvalue weighted by Gasteiger charge is 2.49. The Morgan fingerprint density at radius 3 is 2.70 bits per heavy atom. The number of piperidine rings is 2. The minimum atomic E-state index is -0.288. The van der Waals surface area contributed by atoms with Crippen LogP contribution >= 0.6 is 0 Å². The molecule has 4 heteroatoms. The third-order valence-corrected chi connectivity index (χ3v) is 4.36. The molecule has 0 aromatic heterocycles. The average Bonchev–Trinajstić information content (AvgIpc) is 2.48. The molecular weight excluding hydrogens is 254 g/mol. The highest BCUT2D eigenvalue weighted by Crippen LogP contribution is 2.45. The molecule has 4 nitrogen and oxygen atoms in total. The standard InChI is InChI=1S/C16H19NO3/c1-2-20-16(19)17-12-8-9-13(14(18)10-12)15(17)11-6-4-3-5-7-11/h3-7,12-13,15H,2,8-10H2,1H3/t12-,13+,15-/m0/s1. The van der Waals surface area contributed by atoms with Crippen LogP contribution in [0.25, 0.3) is 0 Å². The maximum absolute atomic E-state index is 12.3. The molecule has 0 spiro atoms. The molecule has 1 aromatic rings. The summed E-state index contributed by atoms with van der Waals surface area (Å²) in [6, 6.07) is 9.67. The molecule has 4 rings (SSSR count). The van der Waals surface area contributed by atoms with E-state index in [0.29, 0.717) is 13.0 Å². The van der Waals surface area contributed by atoms with Crippen molar-refractivity contribution in [3.8, 4) is 0 Å². The van der Waals surface area contributed by atoms with Crippen molar-refractivity contribution in [1.82, 2.24) is 4.90 Å². The van der Waals surface area contributed by atoms with Crippen molar-refractivity contribution in [3.05, 3.63) is 35.9 Å². The zero-order chi connectivity index (χ0) is 14.1. The normalized spacial score (nSPS) is 28.6. The lowest BCUT2D eigenvalue weighted by Gasteiger charge is -2.49. The summed E-state index contributed by atoms with van der Waals surface area (Å²) in [5, 5.41) is 0. The fraction of sp³-hybridized carbons (Fsp3) is 0.500. The Morgan fingerprint density at radius 2 is 2.05 bits per heavy atom. The largest absolute Gasteiger partial charge is 0.450 e. The number of amides is 1. The molecule has 1 aromatic carbocycles. The monoisotopic (exact) mass is 273 g/mol. The first-order chi connectivity index (χ1) is 9.72. The Hall–Kier alpha value is -1.84. The van der Waals surface area contributed by atoms with Crippen LogP contribution in [0.15, 0.2) is 30.3 Å². The van der Waals surface area contributed by atoms with E-state index in [4.69, 9.17) is 4.74 Å². The predicted octanol–water partition coefficient (Wildman–Crippen LogP) is 2.94. The number of carbonyl (C=O) groups is 2. The Bertz CT molecular complexity index is 514. The van der Waals surface area contributed by atoms with Gasteiger partial charge < -0.3 is 4.74 Å². The van der Waals surface area contributed by atoms with Crippen LogP contribution in [0.2, 0.25) is 0 Å². The lowest BCUT2D eigenvalue weighted by molar-refractivity contribution is -0.136. The molecule has 2 aliphatic heterocycles. The van der Waals surface area contributed by atoms with E-state index in [2.05, 4.69) is 0 Å². The van der Waals surface area contributed by atoms with E-state index in [-0.39, 0.29) is 29.9 Å². The second-order valence-corrected chi connectivity index (χ2v) is 5.47. The molecule has 106 valence electrons. The number of Topliss-reactive ketones (excluding diaryl/α,β-unsaturated/α-hetero) is 1. The molecule has 2 bridgehead atoms. The number of rotatable bonds is 2. The summed E-state index contributed by atoms with van der Waals surface area (Å²) in [7, 11) is 0. The molecule has 0 radical (unpaired) electrons. The smallest absolute Gasteiger partial charge is 0.410 e. The van der Waals surface area contributed by atoms with Gasteiger partial charge in [-0.05, 0) is 25.3 Å². The van der Waals surface area contributed by atoms with Crippen LogP contribution in [0.3, 0.4) is 0 Å². The van der Waals surface area contributed by atoms with Gasteiger partial charge in [-0.2, -0.15) is 0 Å². The second-order valence-electron chi connectivity index (χ2n) is 5.47. The van der Waals surface area contributed by atoms with Gasteiger partial charge in [-0.15, -0.1) is 0 Å². The van der Waals surface area contributed by atoms with Crippen LogP contribution in [-0.4, -0.2) is 29.4 Å². The molecule has 3 aliphatic rings. The average molecular weight is 273 g/mol. The van der Waals surface area contributed by atoms with Crippen LogP contribution in [0.4, 0.5) is 4.79 Å². The van der Waals surface area contributed by atoms with Gasteiger partial charge in [-0.1, -0.05) is 30.3 Å². The molecule has 2 saturated heterocycles. The fourth-order valence-corrected chi connectivity index (χ4v) is 3.51. The van der Waals surface area contributed by atoms with Crippen LogP contribution in [0.1, 0.15) is 37.8 Å². The SMILES string of the molecule is CCOC(=O)N1[C@H]2CC[C@H](C(=O)C2)[C@@H]1c1ccccc1. The zero-order valence-corrected chi connectivity index (χ0v) is 11.6. The first-order valence-electron chi connectivity index (χ1n) is 7.25. The van der Waals surface area contributed by atoms with Crippen molar-refractivity contribution < 1.29 is 14.3 Å². The minimum absolute atomic E-state index is 0.00300. The highest BCUT2D eigenvalue weighted by molar-refractivity contribution is 5.86. The number of hydrogen-bond donors (Lipinski definition) is 0. The van der Waals surface area contributed by atoms with Crippen LogP contribution in [-0.2, 0) is 9.53 Å². The number of ether oxygens (including phenoxy) is 1. The zero-order valence-electron chi connectivity index (χ0n) is 11.6. The molecule has 0 unspecified atom stereocenters.